The largest absolute Gasteiger partial charge is 0.465 e. The number of anilines is 1. The molecule has 0 atom stereocenters. The Morgan fingerprint density at radius 1 is 1.30 bits per heavy atom. The smallest absolute Gasteiger partial charge is 0.414 e. The van der Waals surface area contributed by atoms with Gasteiger partial charge in [-0.1, -0.05) is 12.1 Å². The standard InChI is InChI=1S/C20H17FN6O3/c1-26-8-11(9-26)27(20(29)30)19-22-14-6-5-10(7-15(14)23-19)17-16-12(18(28)25-24-17)3-2-4-13(16)21/h2-7,11H,8-9H2,1H3,(H,22,23)(H,25,28)(H,29,30). The zero-order valence-corrected chi connectivity index (χ0v) is 15.9. The number of likely N-dealkylation sites (N-methyl/N-ethyl adjacent to an activating group) is 1. The van der Waals surface area contributed by atoms with Crippen molar-refractivity contribution in [2.75, 3.05) is 25.0 Å². The van der Waals surface area contributed by atoms with Crippen LogP contribution in [0.15, 0.2) is 41.2 Å². The third-order valence-corrected chi connectivity index (χ3v) is 5.35. The van der Waals surface area contributed by atoms with E-state index in [1.54, 1.807) is 18.2 Å². The summed E-state index contributed by atoms with van der Waals surface area (Å²) in [5, 5.41) is 16.4. The second-order valence-corrected chi connectivity index (χ2v) is 7.38. The van der Waals surface area contributed by atoms with Crippen LogP contribution in [0.1, 0.15) is 0 Å². The monoisotopic (exact) mass is 408 g/mol. The van der Waals surface area contributed by atoms with Gasteiger partial charge in [-0.15, -0.1) is 0 Å². The summed E-state index contributed by atoms with van der Waals surface area (Å²) in [6, 6.07) is 9.24. The van der Waals surface area contributed by atoms with Gasteiger partial charge in [-0.25, -0.2) is 24.2 Å². The average Bonchev–Trinajstić information content (AvgIpc) is 3.10. The third kappa shape index (κ3) is 2.80. The predicted octanol–water partition coefficient (Wildman–Crippen LogP) is 2.40. The number of hydrogen-bond donors (Lipinski definition) is 3. The van der Waals surface area contributed by atoms with Crippen LogP contribution < -0.4 is 10.5 Å². The van der Waals surface area contributed by atoms with E-state index in [-0.39, 0.29) is 28.5 Å². The van der Waals surface area contributed by atoms with Gasteiger partial charge in [0.05, 0.1) is 27.8 Å². The first-order valence-electron chi connectivity index (χ1n) is 9.30. The summed E-state index contributed by atoms with van der Waals surface area (Å²) in [5.74, 6) is -0.309. The Labute approximate surface area is 168 Å². The van der Waals surface area contributed by atoms with Gasteiger partial charge in [-0.05, 0) is 31.3 Å². The number of likely N-dealkylation sites (tertiary alicyclic amines) is 1. The minimum Gasteiger partial charge on any atom is -0.465 e. The van der Waals surface area contributed by atoms with Gasteiger partial charge in [0, 0.05) is 18.7 Å². The lowest BCUT2D eigenvalue weighted by Gasteiger charge is -2.40. The second-order valence-electron chi connectivity index (χ2n) is 7.38. The van der Waals surface area contributed by atoms with E-state index in [4.69, 9.17) is 0 Å². The molecule has 1 amide bonds. The van der Waals surface area contributed by atoms with Crippen LogP contribution in [0, 0.1) is 5.82 Å². The highest BCUT2D eigenvalue weighted by Gasteiger charge is 2.35. The van der Waals surface area contributed by atoms with Crippen molar-refractivity contribution in [3.05, 3.63) is 52.6 Å². The number of nitrogens with zero attached hydrogens (tertiary/aromatic N) is 4. The summed E-state index contributed by atoms with van der Waals surface area (Å²) >= 11 is 0. The highest BCUT2D eigenvalue weighted by Crippen LogP contribution is 2.30. The van der Waals surface area contributed by atoms with Crippen molar-refractivity contribution in [1.82, 2.24) is 25.1 Å². The Morgan fingerprint density at radius 3 is 2.83 bits per heavy atom. The molecule has 4 aromatic rings. The fraction of sp³-hybridized carbons (Fsp3) is 0.200. The van der Waals surface area contributed by atoms with Crippen molar-refractivity contribution < 1.29 is 14.3 Å². The zero-order valence-electron chi connectivity index (χ0n) is 15.9. The molecule has 0 bridgehead atoms. The molecule has 0 radical (unpaired) electrons. The Balaban J connectivity index is 1.62. The van der Waals surface area contributed by atoms with Crippen LogP contribution in [0.3, 0.4) is 0 Å². The van der Waals surface area contributed by atoms with Gasteiger partial charge < -0.3 is 15.0 Å². The van der Waals surface area contributed by atoms with Crippen LogP contribution in [0.2, 0.25) is 0 Å². The molecular weight excluding hydrogens is 391 g/mol. The van der Waals surface area contributed by atoms with Crippen molar-refractivity contribution in [3.63, 3.8) is 0 Å². The fourth-order valence-electron chi connectivity index (χ4n) is 3.89. The molecule has 5 rings (SSSR count). The number of fused-ring (bicyclic) bond motifs is 2. The average molecular weight is 408 g/mol. The molecule has 1 aliphatic heterocycles. The molecule has 1 fully saturated rings. The summed E-state index contributed by atoms with van der Waals surface area (Å²) in [7, 11) is 1.92. The zero-order chi connectivity index (χ0) is 21.0. The number of hydrogen-bond acceptors (Lipinski definition) is 5. The first-order valence-corrected chi connectivity index (χ1v) is 9.30. The third-order valence-electron chi connectivity index (χ3n) is 5.35. The maximum atomic E-state index is 14.5. The number of imidazole rings is 1. The topological polar surface area (TPSA) is 118 Å². The van der Waals surface area contributed by atoms with Gasteiger partial charge in [0.25, 0.3) is 5.56 Å². The SMILES string of the molecule is CN1CC(N(C(=O)O)c2nc3ccc(-c4n[nH]c(=O)c5cccc(F)c45)cc3[nH]2)C1. The van der Waals surface area contributed by atoms with Gasteiger partial charge >= 0.3 is 6.09 Å². The van der Waals surface area contributed by atoms with Crippen molar-refractivity contribution in [2.24, 2.45) is 0 Å². The van der Waals surface area contributed by atoms with E-state index in [0.29, 0.717) is 29.7 Å². The molecule has 30 heavy (non-hydrogen) atoms. The number of carboxylic acid groups (broad SMARTS) is 1. The van der Waals surface area contributed by atoms with Crippen LogP contribution in [0.4, 0.5) is 15.1 Å². The number of H-pyrrole nitrogens is 2. The van der Waals surface area contributed by atoms with Gasteiger partial charge in [0.2, 0.25) is 5.95 Å². The maximum Gasteiger partial charge on any atom is 0.414 e. The molecular formula is C20H17FN6O3. The summed E-state index contributed by atoms with van der Waals surface area (Å²) in [6.07, 6.45) is -1.08. The summed E-state index contributed by atoms with van der Waals surface area (Å²) in [5.41, 5.74) is 1.53. The minimum absolute atomic E-state index is 0.130. The normalized spacial score (nSPS) is 14.9. The van der Waals surface area contributed by atoms with E-state index in [9.17, 15) is 19.1 Å². The summed E-state index contributed by atoms with van der Waals surface area (Å²) in [6.45, 7) is 1.25. The molecule has 0 aliphatic carbocycles. The molecule has 3 heterocycles. The van der Waals surface area contributed by atoms with Gasteiger partial charge in [-0.2, -0.15) is 5.10 Å². The maximum absolute atomic E-state index is 14.5. The first-order chi connectivity index (χ1) is 14.4. The van der Waals surface area contributed by atoms with Crippen LogP contribution in [0.5, 0.6) is 0 Å². The molecule has 0 spiro atoms. The second kappa shape index (κ2) is 6.63. The molecule has 2 aromatic carbocycles. The van der Waals surface area contributed by atoms with Crippen molar-refractivity contribution >= 4 is 33.8 Å². The molecule has 0 unspecified atom stereocenters. The molecule has 3 N–H and O–H groups in total. The van der Waals surface area contributed by atoms with E-state index < -0.39 is 17.5 Å². The lowest BCUT2D eigenvalue weighted by molar-refractivity contribution is 0.160. The molecule has 1 aliphatic rings. The number of benzene rings is 2. The highest BCUT2D eigenvalue weighted by atomic mass is 19.1. The number of halogens is 1. The predicted molar refractivity (Wildman–Crippen MR) is 109 cm³/mol. The Morgan fingerprint density at radius 2 is 2.10 bits per heavy atom. The van der Waals surface area contributed by atoms with E-state index in [2.05, 4.69) is 20.2 Å². The van der Waals surface area contributed by atoms with Gasteiger partial charge in [0.15, 0.2) is 0 Å². The lowest BCUT2D eigenvalue weighted by atomic mass is 10.0. The lowest BCUT2D eigenvalue weighted by Crippen LogP contribution is -2.59. The fourth-order valence-corrected chi connectivity index (χ4v) is 3.89. The number of aromatic nitrogens is 4. The number of amides is 1. The summed E-state index contributed by atoms with van der Waals surface area (Å²) < 4.78 is 14.5. The van der Waals surface area contributed by atoms with Crippen LogP contribution in [0.25, 0.3) is 33.1 Å². The van der Waals surface area contributed by atoms with E-state index in [1.807, 2.05) is 11.9 Å². The van der Waals surface area contributed by atoms with Crippen molar-refractivity contribution in [3.8, 4) is 11.3 Å². The van der Waals surface area contributed by atoms with E-state index in [0.717, 1.165) is 0 Å². The molecule has 0 saturated carbocycles. The van der Waals surface area contributed by atoms with E-state index >= 15 is 0 Å². The van der Waals surface area contributed by atoms with Crippen molar-refractivity contribution in [2.45, 2.75) is 6.04 Å². The van der Waals surface area contributed by atoms with Crippen LogP contribution in [-0.4, -0.2) is 62.4 Å². The molecule has 152 valence electrons. The highest BCUT2D eigenvalue weighted by molar-refractivity contribution is 5.96. The molecule has 10 heteroatoms. The Bertz CT molecular complexity index is 1360. The Kier molecular flexibility index (Phi) is 4.03. The first kappa shape index (κ1) is 18.3. The van der Waals surface area contributed by atoms with Crippen LogP contribution >= 0.6 is 0 Å². The van der Waals surface area contributed by atoms with Gasteiger partial charge in [-0.3, -0.25) is 4.79 Å². The molecule has 1 saturated heterocycles. The van der Waals surface area contributed by atoms with Gasteiger partial charge in [0.1, 0.15) is 11.5 Å². The van der Waals surface area contributed by atoms with E-state index in [1.165, 1.54) is 23.1 Å². The molecule has 9 nitrogen and oxygen atoms in total. The van der Waals surface area contributed by atoms with Crippen LogP contribution in [-0.2, 0) is 0 Å². The summed E-state index contributed by atoms with van der Waals surface area (Å²) in [4.78, 5) is 34.5. The Hall–Kier alpha value is -3.79. The number of aromatic amines is 2. The number of rotatable bonds is 3. The number of carbonyl (C=O) groups is 1. The molecule has 2 aromatic heterocycles. The minimum atomic E-state index is -1.08. The quantitative estimate of drug-likeness (QED) is 0.479. The van der Waals surface area contributed by atoms with Crippen molar-refractivity contribution in [1.29, 1.82) is 0 Å². The number of nitrogens with one attached hydrogen (secondary N) is 2.